The van der Waals surface area contributed by atoms with Crippen LogP contribution in [0.1, 0.15) is 18.4 Å². The number of primary amides is 2. The number of aliphatic carboxylic acids is 1. The van der Waals surface area contributed by atoms with Gasteiger partial charge in [-0.15, -0.1) is 0 Å². The van der Waals surface area contributed by atoms with Crippen molar-refractivity contribution in [3.63, 3.8) is 0 Å². The number of carboxylic acid groups (broad SMARTS) is 1. The molecule has 12 heteroatoms. The van der Waals surface area contributed by atoms with Gasteiger partial charge < -0.3 is 37.9 Å². The van der Waals surface area contributed by atoms with Crippen LogP contribution in [0.3, 0.4) is 0 Å². The van der Waals surface area contributed by atoms with Crippen molar-refractivity contribution in [1.29, 1.82) is 0 Å². The number of rotatable bonds is 11. The molecule has 2 aromatic rings. The van der Waals surface area contributed by atoms with Crippen LogP contribution in [0.15, 0.2) is 30.5 Å². The minimum absolute atomic E-state index is 0.0521. The Morgan fingerprint density at radius 3 is 2.16 bits per heavy atom. The minimum atomic E-state index is -1.48. The van der Waals surface area contributed by atoms with Crippen molar-refractivity contribution in [1.82, 2.24) is 15.6 Å². The number of carbonyl (C=O) groups is 5. The van der Waals surface area contributed by atoms with E-state index in [1.165, 1.54) is 0 Å². The molecule has 0 aliphatic heterocycles. The zero-order valence-corrected chi connectivity index (χ0v) is 16.5. The maximum atomic E-state index is 12.6. The van der Waals surface area contributed by atoms with Crippen molar-refractivity contribution in [2.45, 2.75) is 37.4 Å². The fourth-order valence-electron chi connectivity index (χ4n) is 2.99. The van der Waals surface area contributed by atoms with Gasteiger partial charge in [-0.05, 0) is 11.6 Å². The summed E-state index contributed by atoms with van der Waals surface area (Å²) in [5, 5.41) is 14.8. The van der Waals surface area contributed by atoms with Crippen LogP contribution in [-0.4, -0.2) is 57.8 Å². The molecule has 3 unspecified atom stereocenters. The molecule has 31 heavy (non-hydrogen) atoms. The van der Waals surface area contributed by atoms with Gasteiger partial charge in [0.25, 0.3) is 0 Å². The molecule has 0 fully saturated rings. The van der Waals surface area contributed by atoms with Crippen molar-refractivity contribution in [3.8, 4) is 0 Å². The van der Waals surface area contributed by atoms with Crippen molar-refractivity contribution in [2.24, 2.45) is 17.2 Å². The number of carbonyl (C=O) groups excluding carboxylic acids is 4. The van der Waals surface area contributed by atoms with E-state index in [1.54, 1.807) is 18.3 Å². The van der Waals surface area contributed by atoms with E-state index in [2.05, 4.69) is 15.6 Å². The first-order chi connectivity index (χ1) is 14.6. The standard InChI is InChI=1S/C19H24N6O6/c20-11(6-15(21)26)17(28)24-13(7-16(22)27)18(29)25-14(19(30)31)5-9-8-23-12-4-2-1-3-10(9)12/h1-4,8,11,13-14,23H,5-7,20H2,(H2,21,26)(H2,22,27)(H,24,28)(H,25,29)(H,30,31). The predicted molar refractivity (Wildman–Crippen MR) is 109 cm³/mol. The largest absolute Gasteiger partial charge is 0.480 e. The highest BCUT2D eigenvalue weighted by Gasteiger charge is 2.30. The Kier molecular flexibility index (Phi) is 7.69. The molecule has 0 aliphatic carbocycles. The first-order valence-electron chi connectivity index (χ1n) is 9.29. The number of hydrogen-bond acceptors (Lipinski definition) is 6. The molecule has 0 aliphatic rings. The van der Waals surface area contributed by atoms with Crippen molar-refractivity contribution >= 4 is 40.5 Å². The number of aromatic nitrogens is 1. The molecule has 0 saturated carbocycles. The molecule has 2 rings (SSSR count). The molecule has 166 valence electrons. The summed E-state index contributed by atoms with van der Waals surface area (Å²) in [6, 6.07) is 3.06. The third-order valence-corrected chi connectivity index (χ3v) is 4.51. The van der Waals surface area contributed by atoms with E-state index < -0.39 is 60.6 Å². The lowest BCUT2D eigenvalue weighted by Gasteiger charge is -2.22. The fraction of sp³-hybridized carbons (Fsp3) is 0.316. The van der Waals surface area contributed by atoms with E-state index in [9.17, 15) is 29.1 Å². The summed E-state index contributed by atoms with van der Waals surface area (Å²) in [5.74, 6) is -4.90. The van der Waals surface area contributed by atoms with Gasteiger partial charge >= 0.3 is 5.97 Å². The summed E-state index contributed by atoms with van der Waals surface area (Å²) in [5.41, 5.74) is 17.1. The molecule has 1 aromatic heterocycles. The maximum Gasteiger partial charge on any atom is 0.326 e. The Labute approximate surface area is 176 Å². The quantitative estimate of drug-likeness (QED) is 0.208. The van der Waals surface area contributed by atoms with Gasteiger partial charge in [0.05, 0.1) is 18.9 Å². The van der Waals surface area contributed by atoms with Gasteiger partial charge in [0.2, 0.25) is 23.6 Å². The molecule has 12 nitrogen and oxygen atoms in total. The highest BCUT2D eigenvalue weighted by Crippen LogP contribution is 2.19. The fourth-order valence-corrected chi connectivity index (χ4v) is 2.99. The van der Waals surface area contributed by atoms with E-state index >= 15 is 0 Å². The lowest BCUT2D eigenvalue weighted by atomic mass is 10.0. The Balaban J connectivity index is 2.14. The van der Waals surface area contributed by atoms with Crippen LogP contribution in [0.2, 0.25) is 0 Å². The molecule has 10 N–H and O–H groups in total. The van der Waals surface area contributed by atoms with Gasteiger partial charge in [0.1, 0.15) is 12.1 Å². The average Bonchev–Trinajstić information content (AvgIpc) is 3.08. The monoisotopic (exact) mass is 432 g/mol. The second-order valence-electron chi connectivity index (χ2n) is 6.97. The number of fused-ring (bicyclic) bond motifs is 1. The lowest BCUT2D eigenvalue weighted by molar-refractivity contribution is -0.142. The van der Waals surface area contributed by atoms with Gasteiger partial charge in [0, 0.05) is 23.5 Å². The SMILES string of the molecule is NC(=O)CC(N)C(=O)NC(CC(N)=O)C(=O)NC(Cc1c[nH]c2ccccc12)C(=O)O. The third-order valence-electron chi connectivity index (χ3n) is 4.51. The number of amides is 4. The second-order valence-corrected chi connectivity index (χ2v) is 6.97. The number of para-hydroxylation sites is 1. The minimum Gasteiger partial charge on any atom is -0.480 e. The Morgan fingerprint density at radius 1 is 0.935 bits per heavy atom. The number of nitrogens with two attached hydrogens (primary N) is 3. The van der Waals surface area contributed by atoms with E-state index in [0.29, 0.717) is 5.56 Å². The van der Waals surface area contributed by atoms with E-state index in [0.717, 1.165) is 10.9 Å². The molecular formula is C19H24N6O6. The molecular weight excluding hydrogens is 408 g/mol. The van der Waals surface area contributed by atoms with Crippen LogP contribution in [0.5, 0.6) is 0 Å². The summed E-state index contributed by atoms with van der Waals surface area (Å²) in [6.45, 7) is 0. The molecule has 1 aromatic carbocycles. The smallest absolute Gasteiger partial charge is 0.326 e. The van der Waals surface area contributed by atoms with Crippen LogP contribution in [0.4, 0.5) is 0 Å². The van der Waals surface area contributed by atoms with Crippen LogP contribution in [-0.2, 0) is 30.4 Å². The van der Waals surface area contributed by atoms with E-state index in [4.69, 9.17) is 17.2 Å². The topological polar surface area (TPSA) is 223 Å². The number of carboxylic acids is 1. The number of benzene rings is 1. The first kappa shape index (κ1) is 23.3. The highest BCUT2D eigenvalue weighted by atomic mass is 16.4. The van der Waals surface area contributed by atoms with Gasteiger partial charge in [-0.2, -0.15) is 0 Å². The first-order valence-corrected chi connectivity index (χ1v) is 9.29. The van der Waals surface area contributed by atoms with Crippen LogP contribution < -0.4 is 27.8 Å². The summed E-state index contributed by atoms with van der Waals surface area (Å²) in [6.07, 6.45) is 0.511. The Hall–Kier alpha value is -3.93. The van der Waals surface area contributed by atoms with Gasteiger partial charge in [0.15, 0.2) is 0 Å². The molecule has 3 atom stereocenters. The molecule has 1 heterocycles. The zero-order valence-electron chi connectivity index (χ0n) is 16.5. The highest BCUT2D eigenvalue weighted by molar-refractivity contribution is 5.96. The van der Waals surface area contributed by atoms with Gasteiger partial charge in [-0.1, -0.05) is 18.2 Å². The third kappa shape index (κ3) is 6.54. The number of hydrogen-bond donors (Lipinski definition) is 7. The van der Waals surface area contributed by atoms with Crippen LogP contribution in [0.25, 0.3) is 10.9 Å². The van der Waals surface area contributed by atoms with Crippen molar-refractivity contribution in [2.75, 3.05) is 0 Å². The summed E-state index contributed by atoms with van der Waals surface area (Å²) in [7, 11) is 0. The summed E-state index contributed by atoms with van der Waals surface area (Å²) in [4.78, 5) is 61.7. The molecule has 4 amide bonds. The maximum absolute atomic E-state index is 12.6. The van der Waals surface area contributed by atoms with Crippen molar-refractivity contribution < 1.29 is 29.1 Å². The Bertz CT molecular complexity index is 1000. The summed E-state index contributed by atoms with van der Waals surface area (Å²) >= 11 is 0. The predicted octanol–water partition coefficient (Wildman–Crippen LogP) is -2.16. The van der Waals surface area contributed by atoms with Crippen LogP contribution in [0, 0.1) is 0 Å². The van der Waals surface area contributed by atoms with E-state index in [-0.39, 0.29) is 6.42 Å². The lowest BCUT2D eigenvalue weighted by Crippen LogP contribution is -2.56. The normalized spacial score (nSPS) is 13.7. The number of aromatic amines is 1. The summed E-state index contributed by atoms with van der Waals surface area (Å²) < 4.78 is 0. The second kappa shape index (κ2) is 10.2. The van der Waals surface area contributed by atoms with E-state index in [1.807, 2.05) is 12.1 Å². The average molecular weight is 432 g/mol. The van der Waals surface area contributed by atoms with Crippen molar-refractivity contribution in [3.05, 3.63) is 36.0 Å². The molecule has 0 saturated heterocycles. The zero-order chi connectivity index (χ0) is 23.1. The van der Waals surface area contributed by atoms with Gasteiger partial charge in [-0.25, -0.2) is 4.79 Å². The number of nitrogens with one attached hydrogen (secondary N) is 3. The Morgan fingerprint density at radius 2 is 1.55 bits per heavy atom. The number of H-pyrrole nitrogens is 1. The van der Waals surface area contributed by atoms with Crippen LogP contribution >= 0.6 is 0 Å². The molecule has 0 radical (unpaired) electrons. The molecule has 0 bridgehead atoms. The van der Waals surface area contributed by atoms with Gasteiger partial charge in [-0.3, -0.25) is 19.2 Å². The molecule has 0 spiro atoms.